The summed E-state index contributed by atoms with van der Waals surface area (Å²) in [4.78, 5) is 40.6. The Morgan fingerprint density at radius 3 is 1.86 bits per heavy atom. The van der Waals surface area contributed by atoms with Crippen LogP contribution in [0.2, 0.25) is 0 Å². The van der Waals surface area contributed by atoms with Gasteiger partial charge in [0.05, 0.1) is 21.9 Å². The largest absolute Gasteiger partial charge is 0.478 e. The summed E-state index contributed by atoms with van der Waals surface area (Å²) in [7, 11) is 0. The molecule has 0 radical (unpaired) electrons. The number of hydrogen-bond donors (Lipinski definition) is 3. The number of benzene rings is 3. The Morgan fingerprint density at radius 2 is 1.33 bits per heavy atom. The molecule has 9 heteroatoms. The maximum absolute atomic E-state index is 11.6. The van der Waals surface area contributed by atoms with Crippen LogP contribution >= 0.6 is 0 Å². The van der Waals surface area contributed by atoms with Crippen LogP contribution in [0, 0.1) is 10.1 Å². The van der Waals surface area contributed by atoms with Crippen LogP contribution < -0.4 is 0 Å². The van der Waals surface area contributed by atoms with Crippen LogP contribution in [0.3, 0.4) is 0 Å². The first-order chi connectivity index (χ1) is 17.3. The van der Waals surface area contributed by atoms with E-state index in [1.165, 1.54) is 18.2 Å². The molecular formula is C27H19N3O6. The Balaban J connectivity index is 1.82. The van der Waals surface area contributed by atoms with E-state index in [2.05, 4.69) is 4.98 Å². The Bertz CT molecular complexity index is 1410. The van der Waals surface area contributed by atoms with E-state index in [-0.39, 0.29) is 5.69 Å². The summed E-state index contributed by atoms with van der Waals surface area (Å²) >= 11 is 0. The fourth-order valence-electron chi connectivity index (χ4n) is 3.60. The van der Waals surface area contributed by atoms with Crippen LogP contribution in [0.25, 0.3) is 46.1 Å². The minimum atomic E-state index is -1.05. The molecule has 36 heavy (non-hydrogen) atoms. The lowest BCUT2D eigenvalue weighted by atomic mass is 10.0. The zero-order valence-electron chi connectivity index (χ0n) is 18.7. The maximum atomic E-state index is 11.6. The van der Waals surface area contributed by atoms with Crippen LogP contribution in [0.4, 0.5) is 5.69 Å². The quantitative estimate of drug-likeness (QED) is 0.171. The molecule has 9 nitrogen and oxygen atoms in total. The SMILES string of the molecule is O=C(O)/C=C/c1ccc(-c2nc(-c3ccccc3[N+](=O)[O-])[nH]c2-c2ccc(/C=C/C(=O)O)cc2)cc1. The van der Waals surface area contributed by atoms with Crippen molar-refractivity contribution in [3.63, 3.8) is 0 Å². The number of nitro benzene ring substituents is 1. The summed E-state index contributed by atoms with van der Waals surface area (Å²) in [5.74, 6) is -1.79. The fourth-order valence-corrected chi connectivity index (χ4v) is 3.60. The summed E-state index contributed by atoms with van der Waals surface area (Å²) in [6.07, 6.45) is 5.04. The molecule has 4 rings (SSSR count). The number of aromatic amines is 1. The second kappa shape index (κ2) is 10.3. The zero-order valence-corrected chi connectivity index (χ0v) is 18.7. The maximum Gasteiger partial charge on any atom is 0.328 e. The third-order valence-electron chi connectivity index (χ3n) is 5.28. The number of aliphatic carboxylic acids is 2. The van der Waals surface area contributed by atoms with Crippen LogP contribution in [-0.4, -0.2) is 37.0 Å². The number of para-hydroxylation sites is 1. The standard InChI is InChI=1S/C27H19N3O6/c31-23(32)15-9-17-5-11-19(12-6-17)25-26(20-13-7-18(8-14-20)10-16-24(33)34)29-27(28-25)21-3-1-2-4-22(21)30(35)36/h1-16H,(H,28,29)(H,31,32)(H,33,34)/b15-9+,16-10+. The number of aromatic nitrogens is 2. The van der Waals surface area contributed by atoms with E-state index >= 15 is 0 Å². The lowest BCUT2D eigenvalue weighted by Gasteiger charge is -2.05. The van der Waals surface area contributed by atoms with Gasteiger partial charge in [0, 0.05) is 29.3 Å². The van der Waals surface area contributed by atoms with Gasteiger partial charge in [0.15, 0.2) is 0 Å². The molecule has 0 spiro atoms. The van der Waals surface area contributed by atoms with Crippen molar-refractivity contribution >= 4 is 29.8 Å². The Labute approximate surface area is 204 Å². The van der Waals surface area contributed by atoms with Crippen molar-refractivity contribution in [1.29, 1.82) is 0 Å². The molecule has 0 aliphatic carbocycles. The Hall–Kier alpha value is -5.31. The lowest BCUT2D eigenvalue weighted by molar-refractivity contribution is -0.384. The van der Waals surface area contributed by atoms with E-state index in [9.17, 15) is 19.7 Å². The number of carbonyl (C=O) groups is 2. The second-order valence-electron chi connectivity index (χ2n) is 7.67. The van der Waals surface area contributed by atoms with Gasteiger partial charge in [-0.3, -0.25) is 10.1 Å². The van der Waals surface area contributed by atoms with Crippen LogP contribution in [0.1, 0.15) is 11.1 Å². The molecular weight excluding hydrogens is 462 g/mol. The van der Waals surface area contributed by atoms with E-state index in [0.29, 0.717) is 39.5 Å². The van der Waals surface area contributed by atoms with Crippen molar-refractivity contribution in [1.82, 2.24) is 9.97 Å². The molecule has 0 saturated carbocycles. The molecule has 0 amide bonds. The monoisotopic (exact) mass is 481 g/mol. The number of nitrogens with one attached hydrogen (secondary N) is 1. The highest BCUT2D eigenvalue weighted by atomic mass is 16.6. The minimum Gasteiger partial charge on any atom is -0.478 e. The van der Waals surface area contributed by atoms with E-state index in [4.69, 9.17) is 15.2 Å². The first-order valence-corrected chi connectivity index (χ1v) is 10.7. The number of imidazole rings is 1. The number of carboxylic acids is 2. The van der Waals surface area contributed by atoms with Crippen molar-refractivity contribution < 1.29 is 24.7 Å². The van der Waals surface area contributed by atoms with Crippen molar-refractivity contribution in [3.05, 3.63) is 106 Å². The summed E-state index contributed by atoms with van der Waals surface area (Å²) in [6, 6.07) is 20.5. The molecule has 0 unspecified atom stereocenters. The zero-order chi connectivity index (χ0) is 25.7. The highest BCUT2D eigenvalue weighted by Crippen LogP contribution is 2.36. The van der Waals surface area contributed by atoms with Gasteiger partial charge in [0.1, 0.15) is 5.82 Å². The smallest absolute Gasteiger partial charge is 0.328 e. The number of hydrogen-bond acceptors (Lipinski definition) is 5. The van der Waals surface area contributed by atoms with Gasteiger partial charge in [-0.1, -0.05) is 60.7 Å². The van der Waals surface area contributed by atoms with E-state index in [1.807, 2.05) is 0 Å². The van der Waals surface area contributed by atoms with E-state index in [1.54, 1.807) is 66.7 Å². The topological polar surface area (TPSA) is 146 Å². The van der Waals surface area contributed by atoms with Crippen molar-refractivity contribution in [3.8, 4) is 33.9 Å². The van der Waals surface area contributed by atoms with Gasteiger partial charge in [-0.25, -0.2) is 14.6 Å². The molecule has 0 atom stereocenters. The minimum absolute atomic E-state index is 0.0901. The molecule has 0 aliphatic heterocycles. The van der Waals surface area contributed by atoms with Gasteiger partial charge >= 0.3 is 11.9 Å². The first kappa shape index (κ1) is 23.8. The Morgan fingerprint density at radius 1 is 0.806 bits per heavy atom. The van der Waals surface area contributed by atoms with Crippen LogP contribution in [-0.2, 0) is 9.59 Å². The van der Waals surface area contributed by atoms with Gasteiger partial charge in [0.25, 0.3) is 5.69 Å². The van der Waals surface area contributed by atoms with Gasteiger partial charge < -0.3 is 15.2 Å². The molecule has 3 aromatic carbocycles. The molecule has 0 fully saturated rings. The average molecular weight is 481 g/mol. The summed E-state index contributed by atoms with van der Waals surface area (Å²) < 4.78 is 0. The van der Waals surface area contributed by atoms with Crippen molar-refractivity contribution in [2.45, 2.75) is 0 Å². The number of H-pyrrole nitrogens is 1. The van der Waals surface area contributed by atoms with Gasteiger partial charge in [-0.2, -0.15) is 0 Å². The van der Waals surface area contributed by atoms with E-state index < -0.39 is 16.9 Å². The molecule has 1 heterocycles. The number of nitro groups is 1. The third-order valence-corrected chi connectivity index (χ3v) is 5.28. The first-order valence-electron chi connectivity index (χ1n) is 10.7. The van der Waals surface area contributed by atoms with Gasteiger partial charge in [-0.05, 0) is 29.3 Å². The molecule has 0 saturated heterocycles. The highest BCUT2D eigenvalue weighted by molar-refractivity contribution is 5.87. The van der Waals surface area contributed by atoms with Crippen LogP contribution in [0.15, 0.2) is 84.9 Å². The molecule has 4 aromatic rings. The molecule has 3 N–H and O–H groups in total. The lowest BCUT2D eigenvalue weighted by Crippen LogP contribution is -1.92. The predicted octanol–water partition coefficient (Wildman–Crippen LogP) is 5.51. The molecule has 0 aliphatic rings. The van der Waals surface area contributed by atoms with Crippen LogP contribution in [0.5, 0.6) is 0 Å². The fraction of sp³-hybridized carbons (Fsp3) is 0. The molecule has 1 aromatic heterocycles. The van der Waals surface area contributed by atoms with Gasteiger partial charge in [-0.15, -0.1) is 0 Å². The number of carboxylic acid groups (broad SMARTS) is 2. The predicted molar refractivity (Wildman–Crippen MR) is 135 cm³/mol. The van der Waals surface area contributed by atoms with E-state index in [0.717, 1.165) is 17.7 Å². The summed E-state index contributed by atoms with van der Waals surface area (Å²) in [5.41, 5.74) is 4.24. The van der Waals surface area contributed by atoms with Crippen molar-refractivity contribution in [2.75, 3.05) is 0 Å². The number of nitrogens with zero attached hydrogens (tertiary/aromatic N) is 2. The second-order valence-corrected chi connectivity index (χ2v) is 7.67. The normalized spacial score (nSPS) is 11.2. The van der Waals surface area contributed by atoms with Crippen molar-refractivity contribution in [2.24, 2.45) is 0 Å². The molecule has 178 valence electrons. The summed E-state index contributed by atoms with van der Waals surface area (Å²) in [5, 5.41) is 29.3. The third kappa shape index (κ3) is 5.42. The highest BCUT2D eigenvalue weighted by Gasteiger charge is 2.21. The summed E-state index contributed by atoms with van der Waals surface area (Å²) in [6.45, 7) is 0. The Kier molecular flexibility index (Phi) is 6.83. The number of rotatable bonds is 8. The molecule has 0 bridgehead atoms. The average Bonchev–Trinajstić information content (AvgIpc) is 3.32. The van der Waals surface area contributed by atoms with Gasteiger partial charge in [0.2, 0.25) is 0 Å².